The van der Waals surface area contributed by atoms with Gasteiger partial charge in [0.05, 0.1) is 0 Å². The van der Waals surface area contributed by atoms with E-state index in [0.717, 1.165) is 23.4 Å². The number of nitrogens with zero attached hydrogens (tertiary/aromatic N) is 3. The lowest BCUT2D eigenvalue weighted by molar-refractivity contribution is 0.318. The van der Waals surface area contributed by atoms with E-state index in [2.05, 4.69) is 15.0 Å². The van der Waals surface area contributed by atoms with Crippen molar-refractivity contribution in [1.82, 2.24) is 4.98 Å². The molecule has 0 aliphatic heterocycles. The van der Waals surface area contributed by atoms with Crippen molar-refractivity contribution in [3.63, 3.8) is 0 Å². The summed E-state index contributed by atoms with van der Waals surface area (Å²) >= 11 is 0. The minimum atomic E-state index is 0.130. The highest BCUT2D eigenvalue weighted by Crippen LogP contribution is 2.19. The van der Waals surface area contributed by atoms with Crippen LogP contribution in [0.3, 0.4) is 0 Å². The van der Waals surface area contributed by atoms with Gasteiger partial charge in [-0.25, -0.2) is 0 Å². The first-order valence-electron chi connectivity index (χ1n) is 6.30. The number of anilines is 1. The molecule has 104 valence electrons. The Morgan fingerprint density at radius 2 is 2.00 bits per heavy atom. The maximum absolute atomic E-state index is 8.73. The molecular formula is C15H18N4O. The number of aryl methyl sites for hydroxylation is 1. The molecule has 2 aromatic rings. The molecule has 3 N–H and O–H groups in total. The number of oxime groups is 1. The van der Waals surface area contributed by atoms with Crippen molar-refractivity contribution in [2.45, 2.75) is 13.5 Å². The van der Waals surface area contributed by atoms with Gasteiger partial charge in [0.1, 0.15) is 0 Å². The summed E-state index contributed by atoms with van der Waals surface area (Å²) in [6.07, 6.45) is 3.58. The summed E-state index contributed by atoms with van der Waals surface area (Å²) in [5.74, 6) is 0.130. The number of amidine groups is 1. The molecule has 0 saturated heterocycles. The third-order valence-electron chi connectivity index (χ3n) is 3.20. The number of hydrogen-bond acceptors (Lipinski definition) is 4. The van der Waals surface area contributed by atoms with Crippen LogP contribution >= 0.6 is 0 Å². The molecule has 5 nitrogen and oxygen atoms in total. The molecule has 0 unspecified atom stereocenters. The third kappa shape index (κ3) is 3.06. The van der Waals surface area contributed by atoms with Crippen molar-refractivity contribution in [3.05, 3.63) is 59.4 Å². The third-order valence-corrected chi connectivity index (χ3v) is 3.20. The van der Waals surface area contributed by atoms with Crippen LogP contribution in [0.2, 0.25) is 0 Å². The summed E-state index contributed by atoms with van der Waals surface area (Å²) in [5, 5.41) is 11.8. The second kappa shape index (κ2) is 6.06. The zero-order valence-corrected chi connectivity index (χ0v) is 11.6. The molecular weight excluding hydrogens is 252 g/mol. The van der Waals surface area contributed by atoms with Gasteiger partial charge in [0, 0.05) is 37.2 Å². The van der Waals surface area contributed by atoms with Gasteiger partial charge in [-0.2, -0.15) is 0 Å². The first kappa shape index (κ1) is 13.9. The van der Waals surface area contributed by atoms with Gasteiger partial charge in [-0.3, -0.25) is 4.98 Å². The van der Waals surface area contributed by atoms with Crippen LogP contribution in [0.15, 0.2) is 47.9 Å². The zero-order valence-electron chi connectivity index (χ0n) is 11.6. The minimum absolute atomic E-state index is 0.130. The molecule has 0 saturated carbocycles. The fourth-order valence-electron chi connectivity index (χ4n) is 2.08. The minimum Gasteiger partial charge on any atom is -0.409 e. The maximum atomic E-state index is 8.73. The van der Waals surface area contributed by atoms with Gasteiger partial charge < -0.3 is 15.8 Å². The predicted molar refractivity (Wildman–Crippen MR) is 80.0 cm³/mol. The van der Waals surface area contributed by atoms with Crippen molar-refractivity contribution in [1.29, 1.82) is 0 Å². The van der Waals surface area contributed by atoms with E-state index in [4.69, 9.17) is 10.9 Å². The Morgan fingerprint density at radius 1 is 1.30 bits per heavy atom. The van der Waals surface area contributed by atoms with Crippen molar-refractivity contribution in [3.8, 4) is 0 Å². The van der Waals surface area contributed by atoms with Crippen LogP contribution in [0.25, 0.3) is 0 Å². The number of pyridine rings is 1. The van der Waals surface area contributed by atoms with Crippen LogP contribution in [0.5, 0.6) is 0 Å². The van der Waals surface area contributed by atoms with Gasteiger partial charge in [0.15, 0.2) is 5.84 Å². The lowest BCUT2D eigenvalue weighted by atomic mass is 10.1. The Kier molecular flexibility index (Phi) is 4.20. The Hall–Kier alpha value is -2.56. The Labute approximate surface area is 118 Å². The lowest BCUT2D eigenvalue weighted by Gasteiger charge is -2.20. The fraction of sp³-hybridized carbons (Fsp3) is 0.200. The summed E-state index contributed by atoms with van der Waals surface area (Å²) in [5.41, 5.74) is 9.61. The molecule has 2 rings (SSSR count). The summed E-state index contributed by atoms with van der Waals surface area (Å²) in [6, 6.07) is 9.83. The average Bonchev–Trinajstić information content (AvgIpc) is 2.47. The van der Waals surface area contributed by atoms with E-state index in [1.807, 2.05) is 44.3 Å². The van der Waals surface area contributed by atoms with Crippen molar-refractivity contribution < 1.29 is 5.21 Å². The van der Waals surface area contributed by atoms with E-state index in [0.29, 0.717) is 0 Å². The molecule has 0 fully saturated rings. The van der Waals surface area contributed by atoms with Crippen molar-refractivity contribution in [2.75, 3.05) is 11.9 Å². The largest absolute Gasteiger partial charge is 0.409 e. The summed E-state index contributed by atoms with van der Waals surface area (Å²) in [4.78, 5) is 6.15. The molecule has 5 heteroatoms. The Morgan fingerprint density at radius 3 is 2.60 bits per heavy atom. The average molecular weight is 270 g/mol. The number of nitrogens with two attached hydrogens (primary N) is 1. The number of benzene rings is 1. The summed E-state index contributed by atoms with van der Waals surface area (Å²) in [7, 11) is 2.03. The standard InChI is InChI=1S/C15H18N4O/c1-11-9-13(3-4-14(11)15(16)18-20)19(2)10-12-5-7-17-8-6-12/h3-9,20H,10H2,1-2H3,(H2,16,18). The predicted octanol–water partition coefficient (Wildman–Crippen LogP) is 2.12. The van der Waals surface area contributed by atoms with E-state index in [1.54, 1.807) is 12.4 Å². The zero-order chi connectivity index (χ0) is 14.5. The second-order valence-electron chi connectivity index (χ2n) is 4.70. The molecule has 0 spiro atoms. The quantitative estimate of drug-likeness (QED) is 0.386. The highest BCUT2D eigenvalue weighted by Gasteiger charge is 2.07. The number of aromatic nitrogens is 1. The van der Waals surface area contributed by atoms with Crippen LogP contribution in [0.4, 0.5) is 5.69 Å². The topological polar surface area (TPSA) is 74.7 Å². The van der Waals surface area contributed by atoms with Crippen molar-refractivity contribution >= 4 is 11.5 Å². The smallest absolute Gasteiger partial charge is 0.170 e. The SMILES string of the molecule is Cc1cc(N(C)Cc2ccncc2)ccc1/C(N)=N/O. The van der Waals surface area contributed by atoms with E-state index in [-0.39, 0.29) is 5.84 Å². The van der Waals surface area contributed by atoms with Crippen LogP contribution in [-0.2, 0) is 6.54 Å². The van der Waals surface area contributed by atoms with Crippen LogP contribution in [0.1, 0.15) is 16.7 Å². The van der Waals surface area contributed by atoms with Crippen molar-refractivity contribution in [2.24, 2.45) is 10.9 Å². The highest BCUT2D eigenvalue weighted by molar-refractivity contribution is 5.98. The maximum Gasteiger partial charge on any atom is 0.170 e. The Bertz CT molecular complexity index is 611. The molecule has 0 radical (unpaired) electrons. The van der Waals surface area contributed by atoms with Gasteiger partial charge in [-0.05, 0) is 48.4 Å². The first-order valence-corrected chi connectivity index (χ1v) is 6.30. The molecule has 1 heterocycles. The van der Waals surface area contributed by atoms with Gasteiger partial charge in [0.25, 0.3) is 0 Å². The van der Waals surface area contributed by atoms with Gasteiger partial charge >= 0.3 is 0 Å². The first-order chi connectivity index (χ1) is 9.61. The molecule has 0 atom stereocenters. The van der Waals surface area contributed by atoms with E-state index < -0.39 is 0 Å². The molecule has 1 aromatic carbocycles. The monoisotopic (exact) mass is 270 g/mol. The molecule has 0 amide bonds. The lowest BCUT2D eigenvalue weighted by Crippen LogP contribution is -2.18. The van der Waals surface area contributed by atoms with E-state index in [9.17, 15) is 0 Å². The highest BCUT2D eigenvalue weighted by atomic mass is 16.4. The fourth-order valence-corrected chi connectivity index (χ4v) is 2.08. The Balaban J connectivity index is 2.19. The van der Waals surface area contributed by atoms with Gasteiger partial charge in [0.2, 0.25) is 0 Å². The van der Waals surface area contributed by atoms with Crippen LogP contribution in [-0.4, -0.2) is 23.1 Å². The van der Waals surface area contributed by atoms with Crippen LogP contribution in [0, 0.1) is 6.92 Å². The van der Waals surface area contributed by atoms with E-state index >= 15 is 0 Å². The van der Waals surface area contributed by atoms with Gasteiger partial charge in [-0.15, -0.1) is 0 Å². The molecule has 1 aromatic heterocycles. The number of hydrogen-bond donors (Lipinski definition) is 2. The number of rotatable bonds is 4. The van der Waals surface area contributed by atoms with E-state index in [1.165, 1.54) is 5.56 Å². The molecule has 0 aliphatic carbocycles. The molecule has 0 aliphatic rings. The summed E-state index contributed by atoms with van der Waals surface area (Å²) < 4.78 is 0. The normalized spacial score (nSPS) is 11.4. The summed E-state index contributed by atoms with van der Waals surface area (Å²) in [6.45, 7) is 2.74. The second-order valence-corrected chi connectivity index (χ2v) is 4.70. The van der Waals surface area contributed by atoms with Crippen LogP contribution < -0.4 is 10.6 Å². The molecule has 20 heavy (non-hydrogen) atoms. The van der Waals surface area contributed by atoms with Gasteiger partial charge in [-0.1, -0.05) is 5.16 Å². The molecule has 0 bridgehead atoms.